The summed E-state index contributed by atoms with van der Waals surface area (Å²) in [7, 11) is 0. The first-order chi connectivity index (χ1) is 12.6. The summed E-state index contributed by atoms with van der Waals surface area (Å²) in [6.07, 6.45) is 4.77. The molecular formula is C18H11Cl2N5O. The second kappa shape index (κ2) is 6.74. The van der Waals surface area contributed by atoms with Crippen LogP contribution in [0.4, 0.5) is 0 Å². The molecule has 0 atom stereocenters. The minimum absolute atomic E-state index is 0.217. The Morgan fingerprint density at radius 3 is 2.62 bits per heavy atom. The van der Waals surface area contributed by atoms with Crippen molar-refractivity contribution in [3.63, 3.8) is 0 Å². The largest absolute Gasteiger partial charge is 0.287 e. The average molecular weight is 384 g/mol. The zero-order chi connectivity index (χ0) is 18.1. The van der Waals surface area contributed by atoms with Gasteiger partial charge in [0.05, 0.1) is 23.3 Å². The molecule has 6 nitrogen and oxygen atoms in total. The van der Waals surface area contributed by atoms with Gasteiger partial charge >= 0.3 is 0 Å². The van der Waals surface area contributed by atoms with Gasteiger partial charge in [-0.05, 0) is 30.3 Å². The quantitative estimate of drug-likeness (QED) is 0.504. The number of pyridine rings is 1. The summed E-state index contributed by atoms with van der Waals surface area (Å²) in [5, 5.41) is 9.68. The van der Waals surface area contributed by atoms with Gasteiger partial charge in [0.1, 0.15) is 5.15 Å². The van der Waals surface area contributed by atoms with Gasteiger partial charge in [-0.15, -0.1) is 0 Å². The van der Waals surface area contributed by atoms with E-state index in [-0.39, 0.29) is 11.1 Å². The molecule has 0 radical (unpaired) electrons. The van der Waals surface area contributed by atoms with Crippen LogP contribution in [0.3, 0.4) is 0 Å². The number of aromatic nitrogens is 5. The molecule has 0 bridgehead atoms. The molecule has 0 saturated heterocycles. The third kappa shape index (κ3) is 3.12. The molecule has 128 valence electrons. The monoisotopic (exact) mass is 383 g/mol. The van der Waals surface area contributed by atoms with Gasteiger partial charge in [0.15, 0.2) is 5.69 Å². The van der Waals surface area contributed by atoms with Crippen molar-refractivity contribution in [1.29, 1.82) is 0 Å². The van der Waals surface area contributed by atoms with Crippen LogP contribution < -0.4 is 5.43 Å². The maximum absolute atomic E-state index is 12.4. The summed E-state index contributed by atoms with van der Waals surface area (Å²) in [4.78, 5) is 16.4. The standard InChI is InChI=1S/C18H11Cl2N5O/c19-12-2-1-3-14(10-12)25-15(5-8-22-25)18-16(26)6-9-24(23-18)13-4-7-21-17(20)11-13/h1-11H. The van der Waals surface area contributed by atoms with Gasteiger partial charge in [-0.2, -0.15) is 10.2 Å². The maximum atomic E-state index is 12.4. The molecule has 26 heavy (non-hydrogen) atoms. The Bertz CT molecular complexity index is 1150. The summed E-state index contributed by atoms with van der Waals surface area (Å²) in [5.74, 6) is 0. The summed E-state index contributed by atoms with van der Waals surface area (Å²) >= 11 is 12.0. The minimum atomic E-state index is -0.217. The summed E-state index contributed by atoms with van der Waals surface area (Å²) in [6.45, 7) is 0. The van der Waals surface area contributed by atoms with Crippen LogP contribution >= 0.6 is 23.2 Å². The molecule has 0 aliphatic rings. The van der Waals surface area contributed by atoms with E-state index in [1.54, 1.807) is 58.3 Å². The van der Waals surface area contributed by atoms with Crippen LogP contribution in [0.5, 0.6) is 0 Å². The van der Waals surface area contributed by atoms with E-state index >= 15 is 0 Å². The maximum Gasteiger partial charge on any atom is 0.209 e. The van der Waals surface area contributed by atoms with Gasteiger partial charge < -0.3 is 0 Å². The van der Waals surface area contributed by atoms with E-state index in [1.165, 1.54) is 6.07 Å². The molecule has 1 aromatic carbocycles. The first kappa shape index (κ1) is 16.5. The number of halogens is 2. The van der Waals surface area contributed by atoms with E-state index in [9.17, 15) is 4.79 Å². The fourth-order valence-electron chi connectivity index (χ4n) is 2.56. The van der Waals surface area contributed by atoms with Crippen molar-refractivity contribution < 1.29 is 0 Å². The number of hydrogen-bond acceptors (Lipinski definition) is 4. The Balaban J connectivity index is 1.86. The number of benzene rings is 1. The molecule has 3 heterocycles. The lowest BCUT2D eigenvalue weighted by atomic mass is 10.2. The lowest BCUT2D eigenvalue weighted by Gasteiger charge is -2.10. The Hall–Kier alpha value is -2.96. The van der Waals surface area contributed by atoms with E-state index in [0.29, 0.717) is 21.6 Å². The lowest BCUT2D eigenvalue weighted by molar-refractivity contribution is 0.821. The molecule has 0 aliphatic heterocycles. The Kier molecular flexibility index (Phi) is 4.28. The third-order valence-electron chi connectivity index (χ3n) is 3.72. The zero-order valence-electron chi connectivity index (χ0n) is 13.3. The molecule has 0 amide bonds. The molecule has 0 unspecified atom stereocenters. The van der Waals surface area contributed by atoms with E-state index in [2.05, 4.69) is 15.2 Å². The van der Waals surface area contributed by atoms with Crippen molar-refractivity contribution >= 4 is 23.2 Å². The fraction of sp³-hybridized carbons (Fsp3) is 0. The molecule has 3 aromatic heterocycles. The van der Waals surface area contributed by atoms with E-state index in [4.69, 9.17) is 23.2 Å². The third-order valence-corrected chi connectivity index (χ3v) is 4.16. The first-order valence-electron chi connectivity index (χ1n) is 7.64. The second-order valence-electron chi connectivity index (χ2n) is 5.42. The second-order valence-corrected chi connectivity index (χ2v) is 6.24. The summed E-state index contributed by atoms with van der Waals surface area (Å²) < 4.78 is 3.19. The minimum Gasteiger partial charge on any atom is -0.287 e. The molecular weight excluding hydrogens is 373 g/mol. The van der Waals surface area contributed by atoms with Crippen LogP contribution in [0, 0.1) is 0 Å². The highest BCUT2D eigenvalue weighted by molar-refractivity contribution is 6.30. The molecule has 8 heteroatoms. The van der Waals surface area contributed by atoms with Crippen molar-refractivity contribution in [2.24, 2.45) is 0 Å². The first-order valence-corrected chi connectivity index (χ1v) is 8.40. The zero-order valence-corrected chi connectivity index (χ0v) is 14.8. The van der Waals surface area contributed by atoms with Crippen molar-refractivity contribution in [1.82, 2.24) is 24.5 Å². The van der Waals surface area contributed by atoms with Crippen molar-refractivity contribution in [3.8, 4) is 22.8 Å². The van der Waals surface area contributed by atoms with Gasteiger partial charge in [-0.3, -0.25) is 4.79 Å². The van der Waals surface area contributed by atoms with Gasteiger partial charge in [0.2, 0.25) is 5.43 Å². The highest BCUT2D eigenvalue weighted by atomic mass is 35.5. The number of rotatable bonds is 3. The molecule has 0 N–H and O–H groups in total. The molecule has 4 rings (SSSR count). The summed E-state index contributed by atoms with van der Waals surface area (Å²) in [6, 6.07) is 13.8. The number of nitrogens with zero attached hydrogens (tertiary/aromatic N) is 5. The topological polar surface area (TPSA) is 65.6 Å². The van der Waals surface area contributed by atoms with E-state index in [0.717, 1.165) is 5.69 Å². The average Bonchev–Trinajstić information content (AvgIpc) is 3.12. The predicted octanol–water partition coefficient (Wildman–Crippen LogP) is 3.79. The highest BCUT2D eigenvalue weighted by Gasteiger charge is 2.14. The van der Waals surface area contributed by atoms with Crippen LogP contribution in [0.1, 0.15) is 0 Å². The molecule has 4 aromatic rings. The van der Waals surface area contributed by atoms with Gasteiger partial charge in [0, 0.05) is 29.5 Å². The van der Waals surface area contributed by atoms with E-state index < -0.39 is 0 Å². The van der Waals surface area contributed by atoms with Crippen LogP contribution in [-0.4, -0.2) is 24.5 Å². The van der Waals surface area contributed by atoms with Gasteiger partial charge in [0.25, 0.3) is 0 Å². The Morgan fingerprint density at radius 1 is 0.923 bits per heavy atom. The molecule has 0 aliphatic carbocycles. The van der Waals surface area contributed by atoms with Crippen molar-refractivity contribution in [2.45, 2.75) is 0 Å². The lowest BCUT2D eigenvalue weighted by Crippen LogP contribution is -2.14. The van der Waals surface area contributed by atoms with Crippen LogP contribution in [0.2, 0.25) is 10.2 Å². The predicted molar refractivity (Wildman–Crippen MR) is 100 cm³/mol. The van der Waals surface area contributed by atoms with Crippen LogP contribution in [-0.2, 0) is 0 Å². The highest BCUT2D eigenvalue weighted by Crippen LogP contribution is 2.21. The van der Waals surface area contributed by atoms with E-state index in [1.807, 2.05) is 12.1 Å². The SMILES string of the molecule is O=c1ccn(-c2ccnc(Cl)c2)nc1-c1ccnn1-c1cccc(Cl)c1. The smallest absolute Gasteiger partial charge is 0.209 e. The van der Waals surface area contributed by atoms with Gasteiger partial charge in [-0.25, -0.2) is 14.3 Å². The Morgan fingerprint density at radius 2 is 1.81 bits per heavy atom. The summed E-state index contributed by atoms with van der Waals surface area (Å²) in [5.41, 5.74) is 2.04. The van der Waals surface area contributed by atoms with Crippen molar-refractivity contribution in [2.75, 3.05) is 0 Å². The molecule has 0 saturated carbocycles. The van der Waals surface area contributed by atoms with Crippen molar-refractivity contribution in [3.05, 3.63) is 87.5 Å². The number of hydrogen-bond donors (Lipinski definition) is 0. The van der Waals surface area contributed by atoms with Crippen LogP contribution in [0.25, 0.3) is 22.8 Å². The van der Waals surface area contributed by atoms with Crippen LogP contribution in [0.15, 0.2) is 71.9 Å². The van der Waals surface area contributed by atoms with Gasteiger partial charge in [-0.1, -0.05) is 29.3 Å². The Labute approximate surface area is 158 Å². The fourth-order valence-corrected chi connectivity index (χ4v) is 2.91. The molecule has 0 fully saturated rings. The molecule has 0 spiro atoms. The normalized spacial score (nSPS) is 10.8.